The smallest absolute Gasteiger partial charge is 0.350 e. The van der Waals surface area contributed by atoms with Crippen LogP contribution in [0.1, 0.15) is 5.56 Å². The van der Waals surface area contributed by atoms with Crippen molar-refractivity contribution in [2.45, 2.75) is 5.79 Å². The zero-order valence-corrected chi connectivity index (χ0v) is 8.04. The highest BCUT2D eigenvalue weighted by Gasteiger charge is 2.38. The predicted molar refractivity (Wildman–Crippen MR) is 55.2 cm³/mol. The van der Waals surface area contributed by atoms with E-state index in [1.54, 1.807) is 24.3 Å². The highest BCUT2D eigenvalue weighted by molar-refractivity contribution is 5.92. The molecule has 1 heterocycles. The fourth-order valence-corrected chi connectivity index (χ4v) is 1.54. The van der Waals surface area contributed by atoms with Crippen molar-refractivity contribution in [3.63, 3.8) is 0 Å². The number of hydrogen-bond donors (Lipinski definition) is 3. The molecular formula is C10H8N2O4. The zero-order chi connectivity index (χ0) is 11.8. The number of aliphatic hydroxyl groups is 2. The number of para-hydroxylation sites is 1. The minimum Gasteiger partial charge on any atom is -0.361 e. The fourth-order valence-electron chi connectivity index (χ4n) is 1.54. The van der Waals surface area contributed by atoms with Gasteiger partial charge in [-0.25, -0.2) is 0 Å². The summed E-state index contributed by atoms with van der Waals surface area (Å²) in [6, 6.07) is 6.72. The molecule has 1 aromatic carbocycles. The number of benzene rings is 1. The minimum atomic E-state index is -2.89. The number of carbonyl (C=O) groups excluding carboxylic acids is 1. The van der Waals surface area contributed by atoms with Crippen molar-refractivity contribution in [1.82, 2.24) is 4.98 Å². The van der Waals surface area contributed by atoms with Crippen molar-refractivity contribution in [1.29, 1.82) is 0 Å². The Morgan fingerprint density at radius 3 is 2.69 bits per heavy atom. The van der Waals surface area contributed by atoms with E-state index in [1.165, 1.54) is 6.20 Å². The number of nitroso groups, excluding NO2 is 1. The first-order valence-electron chi connectivity index (χ1n) is 4.46. The molecule has 0 bridgehead atoms. The molecule has 16 heavy (non-hydrogen) atoms. The number of H-pyrrole nitrogens is 1. The molecule has 0 atom stereocenters. The van der Waals surface area contributed by atoms with Crippen LogP contribution in [-0.4, -0.2) is 21.1 Å². The highest BCUT2D eigenvalue weighted by Crippen LogP contribution is 2.27. The Labute approximate surface area is 89.5 Å². The van der Waals surface area contributed by atoms with Crippen LogP contribution in [0.25, 0.3) is 10.9 Å². The molecule has 0 radical (unpaired) electrons. The molecular weight excluding hydrogens is 212 g/mol. The molecule has 0 saturated heterocycles. The summed E-state index contributed by atoms with van der Waals surface area (Å²) in [5.74, 6) is -4.43. The minimum absolute atomic E-state index is 0.0901. The van der Waals surface area contributed by atoms with E-state index in [0.717, 1.165) is 0 Å². The number of aromatic nitrogens is 1. The zero-order valence-electron chi connectivity index (χ0n) is 8.04. The Kier molecular flexibility index (Phi) is 2.30. The Morgan fingerprint density at radius 1 is 1.31 bits per heavy atom. The highest BCUT2D eigenvalue weighted by atomic mass is 16.5. The third-order valence-corrected chi connectivity index (χ3v) is 2.35. The Bertz CT molecular complexity index is 559. The van der Waals surface area contributed by atoms with E-state index in [-0.39, 0.29) is 5.56 Å². The second kappa shape index (κ2) is 3.51. The summed E-state index contributed by atoms with van der Waals surface area (Å²) in [6.45, 7) is 0. The van der Waals surface area contributed by atoms with Gasteiger partial charge in [0.1, 0.15) is 0 Å². The maximum atomic E-state index is 11.0. The van der Waals surface area contributed by atoms with Crippen molar-refractivity contribution >= 4 is 16.8 Å². The lowest BCUT2D eigenvalue weighted by atomic mass is 10.0. The van der Waals surface area contributed by atoms with E-state index in [9.17, 15) is 19.9 Å². The van der Waals surface area contributed by atoms with Gasteiger partial charge in [0.2, 0.25) is 0 Å². The van der Waals surface area contributed by atoms with Gasteiger partial charge in [-0.2, -0.15) is 0 Å². The van der Waals surface area contributed by atoms with E-state index in [0.29, 0.717) is 10.9 Å². The number of rotatable bonds is 2. The number of nitrogens with one attached hydrogen (secondary N) is 1. The Hall–Kier alpha value is -2.05. The lowest BCUT2D eigenvalue weighted by Gasteiger charge is -2.14. The van der Waals surface area contributed by atoms with Gasteiger partial charge in [0.25, 0.3) is 5.79 Å². The van der Waals surface area contributed by atoms with Crippen molar-refractivity contribution in [2.75, 3.05) is 0 Å². The number of hydrogen-bond acceptors (Lipinski definition) is 4. The van der Waals surface area contributed by atoms with Crippen LogP contribution in [0.4, 0.5) is 0 Å². The van der Waals surface area contributed by atoms with Crippen molar-refractivity contribution < 1.29 is 15.0 Å². The van der Waals surface area contributed by atoms with Crippen molar-refractivity contribution in [3.8, 4) is 0 Å². The average Bonchev–Trinajstić information content (AvgIpc) is 2.72. The van der Waals surface area contributed by atoms with Crippen LogP contribution in [0, 0.1) is 4.91 Å². The van der Waals surface area contributed by atoms with E-state index in [4.69, 9.17) is 0 Å². The van der Waals surface area contributed by atoms with Gasteiger partial charge in [0.15, 0.2) is 0 Å². The molecule has 6 heteroatoms. The molecule has 0 unspecified atom stereocenters. The van der Waals surface area contributed by atoms with Gasteiger partial charge in [-0.3, -0.25) is 4.79 Å². The fraction of sp³-hybridized carbons (Fsp3) is 0.100. The lowest BCUT2D eigenvalue weighted by molar-refractivity contribution is -0.185. The first-order valence-corrected chi connectivity index (χ1v) is 4.46. The number of fused-ring (bicyclic) bond motifs is 1. The molecule has 0 fully saturated rings. The molecule has 3 N–H and O–H groups in total. The Balaban J connectivity index is 2.63. The van der Waals surface area contributed by atoms with Gasteiger partial charge in [0, 0.05) is 27.8 Å². The molecule has 0 spiro atoms. The lowest BCUT2D eigenvalue weighted by Crippen LogP contribution is -2.33. The summed E-state index contributed by atoms with van der Waals surface area (Å²) in [5, 5.41) is 21.5. The molecule has 0 aliphatic heterocycles. The molecule has 82 valence electrons. The van der Waals surface area contributed by atoms with E-state index < -0.39 is 11.7 Å². The van der Waals surface area contributed by atoms with Gasteiger partial charge in [0.05, 0.1) is 0 Å². The number of nitrogens with zero attached hydrogens (tertiary/aromatic N) is 1. The summed E-state index contributed by atoms with van der Waals surface area (Å²) >= 11 is 0. The van der Waals surface area contributed by atoms with Crippen LogP contribution >= 0.6 is 0 Å². The van der Waals surface area contributed by atoms with Crippen LogP contribution in [0.5, 0.6) is 0 Å². The number of amides is 1. The van der Waals surface area contributed by atoms with Gasteiger partial charge >= 0.3 is 5.91 Å². The summed E-state index contributed by atoms with van der Waals surface area (Å²) < 4.78 is 0. The van der Waals surface area contributed by atoms with E-state index >= 15 is 0 Å². The van der Waals surface area contributed by atoms with Gasteiger partial charge in [-0.1, -0.05) is 18.2 Å². The SMILES string of the molecule is O=NC(=O)C(O)(O)c1c[nH]c2ccccc12. The monoisotopic (exact) mass is 220 g/mol. The predicted octanol–water partition coefficient (Wildman–Crippen LogP) is 0.598. The summed E-state index contributed by atoms with van der Waals surface area (Å²) in [5.41, 5.74) is 0.538. The molecule has 2 aromatic rings. The molecule has 2 rings (SSSR count). The van der Waals surface area contributed by atoms with Crippen LogP contribution in [0.3, 0.4) is 0 Å². The maximum Gasteiger partial charge on any atom is 0.350 e. The molecule has 1 aromatic heterocycles. The van der Waals surface area contributed by atoms with E-state index in [2.05, 4.69) is 4.98 Å². The molecule has 6 nitrogen and oxygen atoms in total. The van der Waals surface area contributed by atoms with Crippen molar-refractivity contribution in [3.05, 3.63) is 40.9 Å². The molecule has 1 amide bonds. The Morgan fingerprint density at radius 2 is 2.00 bits per heavy atom. The van der Waals surface area contributed by atoms with Crippen LogP contribution in [0.2, 0.25) is 0 Å². The number of aromatic amines is 1. The average molecular weight is 220 g/mol. The topological polar surface area (TPSA) is 103 Å². The third kappa shape index (κ3) is 1.40. The first-order chi connectivity index (χ1) is 7.57. The maximum absolute atomic E-state index is 11.0. The van der Waals surface area contributed by atoms with Crippen LogP contribution in [-0.2, 0) is 10.6 Å². The van der Waals surface area contributed by atoms with Gasteiger partial charge in [-0.15, -0.1) is 4.91 Å². The first kappa shape index (κ1) is 10.5. The number of carbonyl (C=O) groups is 1. The largest absolute Gasteiger partial charge is 0.361 e. The van der Waals surface area contributed by atoms with Gasteiger partial charge in [-0.05, 0) is 6.07 Å². The van der Waals surface area contributed by atoms with Crippen LogP contribution < -0.4 is 0 Å². The second-order valence-corrected chi connectivity index (χ2v) is 3.32. The molecule has 0 aliphatic rings. The summed E-state index contributed by atoms with van der Waals surface area (Å²) in [4.78, 5) is 23.8. The standard InChI is InChI=1S/C10H8N2O4/c13-9(12-16)10(14,15)7-5-11-8-4-2-1-3-6(7)8/h1-5,11,14-15H. The quantitative estimate of drug-likeness (QED) is 0.509. The second-order valence-electron chi connectivity index (χ2n) is 3.32. The van der Waals surface area contributed by atoms with Gasteiger partial charge < -0.3 is 15.2 Å². The summed E-state index contributed by atoms with van der Waals surface area (Å²) in [6.07, 6.45) is 1.26. The van der Waals surface area contributed by atoms with E-state index in [1.807, 2.05) is 5.18 Å². The normalized spacial score (nSPS) is 11.6. The molecule has 0 saturated carbocycles. The van der Waals surface area contributed by atoms with Crippen molar-refractivity contribution in [2.24, 2.45) is 5.18 Å². The third-order valence-electron chi connectivity index (χ3n) is 2.35. The molecule has 0 aliphatic carbocycles. The summed E-state index contributed by atoms with van der Waals surface area (Å²) in [7, 11) is 0. The van der Waals surface area contributed by atoms with Crippen LogP contribution in [0.15, 0.2) is 35.6 Å².